The number of carbonyl (C=O) groups is 1. The van der Waals surface area contributed by atoms with Gasteiger partial charge in [-0.25, -0.2) is 9.98 Å². The number of pyridine rings is 1. The van der Waals surface area contributed by atoms with E-state index in [1.807, 2.05) is 20.8 Å². The summed E-state index contributed by atoms with van der Waals surface area (Å²) in [4.78, 5) is 25.8. The Labute approximate surface area is 168 Å². The Balaban J connectivity index is 0.00000312. The van der Waals surface area contributed by atoms with Gasteiger partial charge in [0.25, 0.3) is 0 Å². The highest BCUT2D eigenvalue weighted by molar-refractivity contribution is 14.0. The molecular weight excluding hydrogens is 451 g/mol. The highest BCUT2D eigenvalue weighted by Crippen LogP contribution is 2.16. The molecule has 0 fully saturated rings. The minimum atomic E-state index is -0.190. The maximum absolute atomic E-state index is 11.9. The molecule has 2 rings (SSSR count). The van der Waals surface area contributed by atoms with E-state index >= 15 is 0 Å². The number of halogens is 1. The van der Waals surface area contributed by atoms with E-state index in [0.717, 1.165) is 22.1 Å². The third kappa shape index (κ3) is 7.34. The lowest BCUT2D eigenvalue weighted by molar-refractivity contribution is -0.114. The fraction of sp³-hybridized carbons (Fsp3) is 0.375. The standard InChI is InChI=1S/C16H22N6OS.HI/c1-4-18-16(19-9-14-11(2)21-12(3)24-14)20-10-15(23)22-13-6-5-7-17-8-13;/h5-8H,4,9-10H2,1-3H3,(H,22,23)(H2,18,19,20);1H. The van der Waals surface area contributed by atoms with Gasteiger partial charge in [0, 0.05) is 17.6 Å². The van der Waals surface area contributed by atoms with Crippen LogP contribution in [-0.2, 0) is 11.3 Å². The predicted octanol–water partition coefficient (Wildman–Crippen LogP) is 2.47. The molecule has 25 heavy (non-hydrogen) atoms. The van der Waals surface area contributed by atoms with Gasteiger partial charge in [0.1, 0.15) is 6.54 Å². The number of anilines is 1. The van der Waals surface area contributed by atoms with Crippen molar-refractivity contribution in [1.29, 1.82) is 0 Å². The van der Waals surface area contributed by atoms with Gasteiger partial charge < -0.3 is 16.0 Å². The van der Waals surface area contributed by atoms with Gasteiger partial charge in [0.15, 0.2) is 5.96 Å². The van der Waals surface area contributed by atoms with Crippen LogP contribution >= 0.6 is 35.3 Å². The first kappa shape index (κ1) is 21.3. The third-order valence-electron chi connectivity index (χ3n) is 3.09. The van der Waals surface area contributed by atoms with Crippen molar-refractivity contribution in [3.05, 3.63) is 40.1 Å². The lowest BCUT2D eigenvalue weighted by Gasteiger charge is -2.10. The summed E-state index contributed by atoms with van der Waals surface area (Å²) in [7, 11) is 0. The van der Waals surface area contributed by atoms with Crippen LogP contribution in [0.5, 0.6) is 0 Å². The minimum Gasteiger partial charge on any atom is -0.357 e. The van der Waals surface area contributed by atoms with Crippen molar-refractivity contribution in [3.63, 3.8) is 0 Å². The molecule has 0 aliphatic heterocycles. The number of nitrogens with one attached hydrogen (secondary N) is 3. The van der Waals surface area contributed by atoms with Crippen molar-refractivity contribution in [3.8, 4) is 0 Å². The number of carbonyl (C=O) groups excluding carboxylic acids is 1. The molecule has 0 saturated carbocycles. The second-order valence-corrected chi connectivity index (χ2v) is 6.37. The molecule has 0 aliphatic rings. The quantitative estimate of drug-likeness (QED) is 0.340. The molecule has 9 heteroatoms. The molecule has 0 unspecified atom stereocenters. The molecule has 2 aromatic rings. The fourth-order valence-electron chi connectivity index (χ4n) is 2.03. The first-order valence-electron chi connectivity index (χ1n) is 7.73. The van der Waals surface area contributed by atoms with Gasteiger partial charge in [-0.15, -0.1) is 35.3 Å². The fourth-order valence-corrected chi connectivity index (χ4v) is 2.91. The van der Waals surface area contributed by atoms with Gasteiger partial charge in [-0.1, -0.05) is 0 Å². The van der Waals surface area contributed by atoms with Crippen molar-refractivity contribution in [2.75, 3.05) is 18.4 Å². The molecule has 3 N–H and O–H groups in total. The highest BCUT2D eigenvalue weighted by atomic mass is 127. The molecule has 1 amide bonds. The van der Waals surface area contributed by atoms with Gasteiger partial charge >= 0.3 is 0 Å². The highest BCUT2D eigenvalue weighted by Gasteiger charge is 2.07. The number of aliphatic imine (C=N–C) groups is 1. The number of amides is 1. The molecule has 2 heterocycles. The van der Waals surface area contributed by atoms with Crippen molar-refractivity contribution < 1.29 is 4.79 Å². The molecule has 7 nitrogen and oxygen atoms in total. The Morgan fingerprint density at radius 3 is 2.72 bits per heavy atom. The summed E-state index contributed by atoms with van der Waals surface area (Å²) >= 11 is 1.66. The second-order valence-electron chi connectivity index (χ2n) is 5.08. The first-order chi connectivity index (χ1) is 11.6. The number of aromatic nitrogens is 2. The Kier molecular flexibility index (Phi) is 9.35. The van der Waals surface area contributed by atoms with Crippen LogP contribution in [0.4, 0.5) is 5.69 Å². The van der Waals surface area contributed by atoms with Crippen molar-refractivity contribution >= 4 is 52.9 Å². The number of aryl methyl sites for hydroxylation is 2. The van der Waals surface area contributed by atoms with Crippen LogP contribution in [0.3, 0.4) is 0 Å². The average molecular weight is 474 g/mol. The number of hydrogen-bond donors (Lipinski definition) is 3. The molecule has 0 saturated heterocycles. The average Bonchev–Trinajstić information content (AvgIpc) is 2.88. The maximum Gasteiger partial charge on any atom is 0.246 e. The van der Waals surface area contributed by atoms with E-state index < -0.39 is 0 Å². The molecular formula is C16H23IN6OS. The zero-order chi connectivity index (χ0) is 17.4. The van der Waals surface area contributed by atoms with Gasteiger partial charge in [-0.05, 0) is 32.9 Å². The van der Waals surface area contributed by atoms with Crippen LogP contribution in [0.15, 0.2) is 29.5 Å². The second kappa shape index (κ2) is 11.0. The summed E-state index contributed by atoms with van der Waals surface area (Å²) < 4.78 is 0. The van der Waals surface area contributed by atoms with Crippen LogP contribution < -0.4 is 16.0 Å². The molecule has 0 atom stereocenters. The van der Waals surface area contributed by atoms with E-state index in [0.29, 0.717) is 18.2 Å². The normalized spacial score (nSPS) is 10.8. The summed E-state index contributed by atoms with van der Waals surface area (Å²) in [5.74, 6) is 0.411. The molecule has 0 aliphatic carbocycles. The van der Waals surface area contributed by atoms with E-state index in [9.17, 15) is 4.79 Å². The van der Waals surface area contributed by atoms with Crippen LogP contribution in [0.25, 0.3) is 0 Å². The van der Waals surface area contributed by atoms with E-state index in [-0.39, 0.29) is 36.4 Å². The summed E-state index contributed by atoms with van der Waals surface area (Å²) in [6, 6.07) is 3.55. The Bertz CT molecular complexity index is 704. The largest absolute Gasteiger partial charge is 0.357 e. The van der Waals surface area contributed by atoms with Crippen molar-refractivity contribution in [1.82, 2.24) is 20.6 Å². The van der Waals surface area contributed by atoms with E-state index in [4.69, 9.17) is 0 Å². The van der Waals surface area contributed by atoms with Gasteiger partial charge in [-0.2, -0.15) is 0 Å². The predicted molar refractivity (Wildman–Crippen MR) is 113 cm³/mol. The summed E-state index contributed by atoms with van der Waals surface area (Å²) in [5, 5.41) is 10.2. The number of hydrogen-bond acceptors (Lipinski definition) is 5. The zero-order valence-electron chi connectivity index (χ0n) is 14.5. The Hall–Kier alpha value is -1.75. The lowest BCUT2D eigenvalue weighted by atomic mass is 10.4. The lowest BCUT2D eigenvalue weighted by Crippen LogP contribution is -2.37. The summed E-state index contributed by atoms with van der Waals surface area (Å²) in [6.45, 7) is 7.35. The number of rotatable bonds is 6. The molecule has 2 aromatic heterocycles. The van der Waals surface area contributed by atoms with Crippen LogP contribution in [0.1, 0.15) is 22.5 Å². The van der Waals surface area contributed by atoms with Crippen LogP contribution in [0, 0.1) is 13.8 Å². The Morgan fingerprint density at radius 1 is 1.32 bits per heavy atom. The van der Waals surface area contributed by atoms with E-state index in [2.05, 4.69) is 30.9 Å². The molecule has 0 bridgehead atoms. The van der Waals surface area contributed by atoms with Gasteiger partial charge in [0.2, 0.25) is 5.91 Å². The summed E-state index contributed by atoms with van der Waals surface area (Å²) in [5.41, 5.74) is 1.68. The number of nitrogens with zero attached hydrogens (tertiary/aromatic N) is 3. The van der Waals surface area contributed by atoms with Crippen LogP contribution in [-0.4, -0.2) is 34.9 Å². The van der Waals surface area contributed by atoms with Crippen LogP contribution in [0.2, 0.25) is 0 Å². The van der Waals surface area contributed by atoms with Crippen molar-refractivity contribution in [2.45, 2.75) is 27.3 Å². The van der Waals surface area contributed by atoms with E-state index in [1.165, 1.54) is 0 Å². The van der Waals surface area contributed by atoms with Gasteiger partial charge in [0.05, 0.1) is 29.1 Å². The minimum absolute atomic E-state index is 0. The smallest absolute Gasteiger partial charge is 0.246 e. The topological polar surface area (TPSA) is 91.3 Å². The molecule has 0 spiro atoms. The zero-order valence-corrected chi connectivity index (χ0v) is 17.6. The Morgan fingerprint density at radius 2 is 2.12 bits per heavy atom. The first-order valence-corrected chi connectivity index (χ1v) is 8.55. The monoisotopic (exact) mass is 474 g/mol. The molecule has 0 aromatic carbocycles. The van der Waals surface area contributed by atoms with Crippen molar-refractivity contribution in [2.24, 2.45) is 4.99 Å². The van der Waals surface area contributed by atoms with E-state index in [1.54, 1.807) is 35.9 Å². The number of thiazole rings is 1. The molecule has 0 radical (unpaired) electrons. The van der Waals surface area contributed by atoms with Gasteiger partial charge in [-0.3, -0.25) is 9.78 Å². The third-order valence-corrected chi connectivity index (χ3v) is 4.16. The number of guanidine groups is 1. The summed E-state index contributed by atoms with van der Waals surface area (Å²) in [6.07, 6.45) is 3.25. The SMILES string of the molecule is CCNC(=NCC(=O)Nc1cccnc1)NCc1sc(C)nc1C.I. The maximum atomic E-state index is 11.9. The molecule has 136 valence electrons.